The lowest BCUT2D eigenvalue weighted by Crippen LogP contribution is -2.29. The van der Waals surface area contributed by atoms with Crippen LogP contribution >= 0.6 is 11.3 Å². The summed E-state index contributed by atoms with van der Waals surface area (Å²) in [5.74, 6) is 5.69. The molecule has 6 heteroatoms. The number of nitrogens with zero attached hydrogens (tertiary/aromatic N) is 1. The summed E-state index contributed by atoms with van der Waals surface area (Å²) in [5.41, 5.74) is 4.25. The van der Waals surface area contributed by atoms with Crippen molar-refractivity contribution in [3.63, 3.8) is 0 Å². The van der Waals surface area contributed by atoms with Gasteiger partial charge in [-0.15, -0.1) is 11.3 Å². The SMILES string of the molecule is Cc1csc(-c2ccc(OCCCCC(=O)NN)cc2)n1. The molecule has 0 fully saturated rings. The lowest BCUT2D eigenvalue weighted by molar-refractivity contribution is -0.121. The highest BCUT2D eigenvalue weighted by Crippen LogP contribution is 2.25. The van der Waals surface area contributed by atoms with Gasteiger partial charge in [-0.2, -0.15) is 0 Å². The molecule has 21 heavy (non-hydrogen) atoms. The van der Waals surface area contributed by atoms with Gasteiger partial charge in [0.15, 0.2) is 0 Å². The average Bonchev–Trinajstić information content (AvgIpc) is 2.94. The van der Waals surface area contributed by atoms with E-state index < -0.39 is 0 Å². The number of aryl methyl sites for hydroxylation is 1. The Morgan fingerprint density at radius 1 is 1.33 bits per heavy atom. The van der Waals surface area contributed by atoms with E-state index >= 15 is 0 Å². The fraction of sp³-hybridized carbons (Fsp3) is 0.333. The van der Waals surface area contributed by atoms with Crippen molar-refractivity contribution < 1.29 is 9.53 Å². The van der Waals surface area contributed by atoms with Crippen LogP contribution in [0.1, 0.15) is 25.0 Å². The number of rotatable bonds is 7. The Morgan fingerprint density at radius 3 is 2.71 bits per heavy atom. The van der Waals surface area contributed by atoms with Gasteiger partial charge >= 0.3 is 0 Å². The van der Waals surface area contributed by atoms with Crippen LogP contribution in [0.5, 0.6) is 5.75 Å². The van der Waals surface area contributed by atoms with Gasteiger partial charge in [-0.25, -0.2) is 10.8 Å². The van der Waals surface area contributed by atoms with Gasteiger partial charge in [0.1, 0.15) is 10.8 Å². The number of nitrogens with one attached hydrogen (secondary N) is 1. The third-order valence-electron chi connectivity index (χ3n) is 2.95. The van der Waals surface area contributed by atoms with Crippen molar-refractivity contribution in [2.75, 3.05) is 6.61 Å². The van der Waals surface area contributed by atoms with Crippen molar-refractivity contribution in [1.29, 1.82) is 0 Å². The Kier molecular flexibility index (Phi) is 5.71. The number of carbonyl (C=O) groups is 1. The maximum Gasteiger partial charge on any atom is 0.233 e. The van der Waals surface area contributed by atoms with E-state index in [1.807, 2.05) is 36.6 Å². The zero-order chi connectivity index (χ0) is 15.1. The van der Waals surface area contributed by atoms with Crippen molar-refractivity contribution in [2.24, 2.45) is 5.84 Å². The molecular formula is C15H19N3O2S. The lowest BCUT2D eigenvalue weighted by Gasteiger charge is -2.06. The number of hydrazine groups is 1. The summed E-state index contributed by atoms with van der Waals surface area (Å²) >= 11 is 1.64. The fourth-order valence-corrected chi connectivity index (χ4v) is 2.63. The van der Waals surface area contributed by atoms with Crippen LogP contribution in [0.4, 0.5) is 0 Å². The number of ether oxygens (including phenoxy) is 1. The molecule has 0 saturated heterocycles. The first-order valence-electron chi connectivity index (χ1n) is 6.84. The van der Waals surface area contributed by atoms with E-state index in [0.717, 1.165) is 34.9 Å². The highest BCUT2D eigenvalue weighted by Gasteiger charge is 2.03. The number of benzene rings is 1. The molecule has 0 aliphatic rings. The molecule has 0 spiro atoms. The molecule has 0 saturated carbocycles. The van der Waals surface area contributed by atoms with Crippen molar-refractivity contribution in [3.05, 3.63) is 35.3 Å². The van der Waals surface area contributed by atoms with Gasteiger partial charge in [-0.1, -0.05) is 0 Å². The molecular weight excluding hydrogens is 286 g/mol. The molecule has 2 rings (SSSR count). The molecule has 0 unspecified atom stereocenters. The van der Waals surface area contributed by atoms with Gasteiger partial charge in [0.25, 0.3) is 0 Å². The Bertz CT molecular complexity index is 581. The molecule has 3 N–H and O–H groups in total. The zero-order valence-corrected chi connectivity index (χ0v) is 12.8. The summed E-state index contributed by atoms with van der Waals surface area (Å²) < 4.78 is 5.64. The van der Waals surface area contributed by atoms with Crippen LogP contribution in [0.2, 0.25) is 0 Å². The Hall–Kier alpha value is -1.92. The van der Waals surface area contributed by atoms with Crippen LogP contribution in [0.3, 0.4) is 0 Å². The number of carbonyl (C=O) groups excluding carboxylic acids is 1. The summed E-state index contributed by atoms with van der Waals surface area (Å²) in [6.45, 7) is 2.58. The highest BCUT2D eigenvalue weighted by molar-refractivity contribution is 7.13. The Morgan fingerprint density at radius 2 is 2.10 bits per heavy atom. The van der Waals surface area contributed by atoms with Crippen LogP contribution < -0.4 is 16.0 Å². The largest absolute Gasteiger partial charge is 0.494 e. The number of aromatic nitrogens is 1. The van der Waals surface area contributed by atoms with E-state index in [9.17, 15) is 4.79 Å². The van der Waals surface area contributed by atoms with E-state index in [0.29, 0.717) is 13.0 Å². The number of unbranched alkanes of at least 4 members (excludes halogenated alkanes) is 1. The molecule has 112 valence electrons. The minimum Gasteiger partial charge on any atom is -0.494 e. The van der Waals surface area contributed by atoms with Crippen LogP contribution in [0, 0.1) is 6.92 Å². The molecule has 1 amide bonds. The molecule has 0 aliphatic carbocycles. The van der Waals surface area contributed by atoms with Gasteiger partial charge in [0.05, 0.1) is 6.61 Å². The molecule has 2 aromatic rings. The lowest BCUT2D eigenvalue weighted by atomic mass is 10.2. The molecule has 5 nitrogen and oxygen atoms in total. The van der Waals surface area contributed by atoms with Crippen molar-refractivity contribution in [1.82, 2.24) is 10.4 Å². The summed E-state index contributed by atoms with van der Waals surface area (Å²) in [7, 11) is 0. The Balaban J connectivity index is 1.76. The molecule has 1 aromatic carbocycles. The summed E-state index contributed by atoms with van der Waals surface area (Å²) in [5, 5.41) is 3.06. The van der Waals surface area contributed by atoms with Crippen molar-refractivity contribution in [3.8, 4) is 16.3 Å². The quantitative estimate of drug-likeness (QED) is 0.357. The smallest absolute Gasteiger partial charge is 0.233 e. The predicted octanol–water partition coefficient (Wildman–Crippen LogP) is 2.66. The van der Waals surface area contributed by atoms with E-state index in [1.54, 1.807) is 11.3 Å². The number of hydrogen-bond donors (Lipinski definition) is 2. The highest BCUT2D eigenvalue weighted by atomic mass is 32.1. The number of thiazole rings is 1. The minimum atomic E-state index is -0.141. The second-order valence-electron chi connectivity index (χ2n) is 4.69. The number of amides is 1. The van der Waals surface area contributed by atoms with Gasteiger partial charge in [-0.3, -0.25) is 10.2 Å². The fourth-order valence-electron chi connectivity index (χ4n) is 1.83. The molecule has 0 aliphatic heterocycles. The van der Waals surface area contributed by atoms with E-state index in [4.69, 9.17) is 10.6 Å². The van der Waals surface area contributed by atoms with Gasteiger partial charge < -0.3 is 4.74 Å². The van der Waals surface area contributed by atoms with Crippen LogP contribution in [0.25, 0.3) is 10.6 Å². The van der Waals surface area contributed by atoms with Gasteiger partial charge in [-0.05, 0) is 44.0 Å². The molecule has 0 radical (unpaired) electrons. The predicted molar refractivity (Wildman–Crippen MR) is 84.0 cm³/mol. The maximum atomic E-state index is 10.9. The topological polar surface area (TPSA) is 77.2 Å². The third kappa shape index (κ3) is 4.84. The standard InChI is InChI=1S/C15H19N3O2S/c1-11-10-21-15(17-11)12-5-7-13(8-6-12)20-9-3-2-4-14(19)18-16/h5-8,10H,2-4,9,16H2,1H3,(H,18,19). The first-order chi connectivity index (χ1) is 10.2. The third-order valence-corrected chi connectivity index (χ3v) is 3.96. The normalized spacial score (nSPS) is 10.4. The minimum absolute atomic E-state index is 0.141. The van der Waals surface area contributed by atoms with Crippen molar-refractivity contribution in [2.45, 2.75) is 26.2 Å². The molecule has 1 aromatic heterocycles. The van der Waals surface area contributed by atoms with Crippen LogP contribution in [-0.2, 0) is 4.79 Å². The summed E-state index contributed by atoms with van der Waals surface area (Å²) in [6, 6.07) is 7.91. The van der Waals surface area contributed by atoms with Crippen LogP contribution in [-0.4, -0.2) is 17.5 Å². The Labute approximate surface area is 128 Å². The number of nitrogens with two attached hydrogens (primary N) is 1. The summed E-state index contributed by atoms with van der Waals surface area (Å²) in [6.07, 6.45) is 2.02. The average molecular weight is 305 g/mol. The van der Waals surface area contributed by atoms with E-state index in [2.05, 4.69) is 10.4 Å². The second-order valence-corrected chi connectivity index (χ2v) is 5.55. The van der Waals surface area contributed by atoms with Gasteiger partial charge in [0.2, 0.25) is 5.91 Å². The molecule has 0 atom stereocenters. The first kappa shape index (κ1) is 15.5. The molecule has 0 bridgehead atoms. The van der Waals surface area contributed by atoms with E-state index in [1.165, 1.54) is 0 Å². The monoisotopic (exact) mass is 305 g/mol. The maximum absolute atomic E-state index is 10.9. The zero-order valence-electron chi connectivity index (χ0n) is 12.0. The number of hydrogen-bond acceptors (Lipinski definition) is 5. The molecule has 1 heterocycles. The van der Waals surface area contributed by atoms with Crippen molar-refractivity contribution >= 4 is 17.2 Å². The first-order valence-corrected chi connectivity index (χ1v) is 7.72. The van der Waals surface area contributed by atoms with E-state index in [-0.39, 0.29) is 5.91 Å². The van der Waals surface area contributed by atoms with Gasteiger partial charge in [0, 0.05) is 23.1 Å². The summed E-state index contributed by atoms with van der Waals surface area (Å²) in [4.78, 5) is 15.4. The second kappa shape index (κ2) is 7.75. The van der Waals surface area contributed by atoms with Crippen LogP contribution in [0.15, 0.2) is 29.6 Å².